The second-order valence-corrected chi connectivity index (χ2v) is 5.84. The molecule has 0 amide bonds. The minimum atomic E-state index is 0.566. The van der Waals surface area contributed by atoms with Gasteiger partial charge in [0.2, 0.25) is 5.95 Å². The van der Waals surface area contributed by atoms with Crippen LogP contribution < -0.4 is 5.32 Å². The average Bonchev–Trinajstić information content (AvgIpc) is 2.38. The molecule has 0 saturated carbocycles. The Kier molecular flexibility index (Phi) is 4.43. The highest BCUT2D eigenvalue weighted by Gasteiger charge is 2.04. The van der Waals surface area contributed by atoms with E-state index < -0.39 is 0 Å². The van der Waals surface area contributed by atoms with Crippen LogP contribution in [0, 0.1) is 6.92 Å². The fraction of sp³-hybridized carbons (Fsp3) is 0.333. The average molecular weight is 273 g/mol. The summed E-state index contributed by atoms with van der Waals surface area (Å²) in [5.41, 5.74) is 2.33. The number of hydrogen-bond acceptors (Lipinski definition) is 4. The normalized spacial score (nSPS) is 10.8. The maximum atomic E-state index is 4.45. The summed E-state index contributed by atoms with van der Waals surface area (Å²) in [5, 5.41) is 3.95. The maximum Gasteiger partial charge on any atom is 0.223 e. The number of aryl methyl sites for hydroxylation is 1. The molecule has 0 aliphatic carbocycles. The van der Waals surface area contributed by atoms with Crippen molar-refractivity contribution in [3.05, 3.63) is 41.6 Å². The minimum Gasteiger partial charge on any atom is -0.357 e. The molecule has 0 saturated heterocycles. The van der Waals surface area contributed by atoms with Gasteiger partial charge in [0.1, 0.15) is 5.03 Å². The van der Waals surface area contributed by atoms with Gasteiger partial charge in [0.25, 0.3) is 0 Å². The maximum absolute atomic E-state index is 4.45. The van der Waals surface area contributed by atoms with Gasteiger partial charge in [-0.2, -0.15) is 0 Å². The van der Waals surface area contributed by atoms with E-state index in [1.165, 1.54) is 10.5 Å². The lowest BCUT2D eigenvalue weighted by Crippen LogP contribution is -1.98. The molecule has 0 radical (unpaired) electrons. The van der Waals surface area contributed by atoms with Crippen LogP contribution in [0.3, 0.4) is 0 Å². The molecular formula is C15H19N3S. The van der Waals surface area contributed by atoms with E-state index >= 15 is 0 Å². The van der Waals surface area contributed by atoms with Crippen LogP contribution >= 0.6 is 11.8 Å². The molecule has 19 heavy (non-hydrogen) atoms. The van der Waals surface area contributed by atoms with Gasteiger partial charge in [0, 0.05) is 17.6 Å². The Morgan fingerprint density at radius 3 is 2.37 bits per heavy atom. The molecule has 0 fully saturated rings. The Morgan fingerprint density at radius 2 is 1.79 bits per heavy atom. The summed E-state index contributed by atoms with van der Waals surface area (Å²) in [5.74, 6) is 1.23. The number of rotatable bonds is 4. The quantitative estimate of drug-likeness (QED) is 0.851. The molecule has 0 bridgehead atoms. The van der Waals surface area contributed by atoms with Crippen molar-refractivity contribution in [1.29, 1.82) is 0 Å². The zero-order chi connectivity index (χ0) is 13.8. The second kappa shape index (κ2) is 6.06. The lowest BCUT2D eigenvalue weighted by atomic mass is 10.0. The molecule has 0 unspecified atom stereocenters. The van der Waals surface area contributed by atoms with Gasteiger partial charge in [0.05, 0.1) is 0 Å². The summed E-state index contributed by atoms with van der Waals surface area (Å²) in [6.45, 7) is 6.39. The minimum absolute atomic E-state index is 0.566. The van der Waals surface area contributed by atoms with Gasteiger partial charge < -0.3 is 5.32 Å². The van der Waals surface area contributed by atoms with E-state index in [1.54, 1.807) is 11.8 Å². The first-order valence-corrected chi connectivity index (χ1v) is 7.21. The van der Waals surface area contributed by atoms with E-state index in [1.807, 2.05) is 20.0 Å². The monoisotopic (exact) mass is 273 g/mol. The van der Waals surface area contributed by atoms with Crippen LogP contribution in [0.4, 0.5) is 5.95 Å². The molecule has 3 nitrogen and oxygen atoms in total. The summed E-state index contributed by atoms with van der Waals surface area (Å²) < 4.78 is 0. The van der Waals surface area contributed by atoms with Gasteiger partial charge in [-0.05, 0) is 36.6 Å². The van der Waals surface area contributed by atoms with Crippen LogP contribution in [0.15, 0.2) is 40.3 Å². The summed E-state index contributed by atoms with van der Waals surface area (Å²) in [4.78, 5) is 9.94. The Bertz CT molecular complexity index is 550. The first kappa shape index (κ1) is 13.9. The predicted octanol–water partition coefficient (Wildman–Crippen LogP) is 4.10. The van der Waals surface area contributed by atoms with E-state index in [0.717, 1.165) is 10.7 Å². The molecule has 2 rings (SSSR count). The van der Waals surface area contributed by atoms with Gasteiger partial charge in [-0.3, -0.25) is 0 Å². The smallest absolute Gasteiger partial charge is 0.223 e. The van der Waals surface area contributed by atoms with Crippen molar-refractivity contribution < 1.29 is 0 Å². The molecule has 1 aromatic carbocycles. The van der Waals surface area contributed by atoms with Crippen LogP contribution in [0.25, 0.3) is 0 Å². The number of nitrogens with one attached hydrogen (secondary N) is 1. The highest BCUT2D eigenvalue weighted by molar-refractivity contribution is 7.99. The van der Waals surface area contributed by atoms with Crippen molar-refractivity contribution in [3.63, 3.8) is 0 Å². The number of hydrogen-bond donors (Lipinski definition) is 1. The van der Waals surface area contributed by atoms with E-state index in [-0.39, 0.29) is 0 Å². The zero-order valence-electron chi connectivity index (χ0n) is 11.8. The third-order valence-electron chi connectivity index (χ3n) is 2.82. The lowest BCUT2D eigenvalue weighted by Gasteiger charge is -2.07. The number of anilines is 1. The van der Waals surface area contributed by atoms with Gasteiger partial charge in [-0.1, -0.05) is 37.7 Å². The summed E-state index contributed by atoms with van der Waals surface area (Å²) >= 11 is 1.66. The van der Waals surface area contributed by atoms with Gasteiger partial charge in [0.15, 0.2) is 0 Å². The van der Waals surface area contributed by atoms with E-state index in [4.69, 9.17) is 0 Å². The van der Waals surface area contributed by atoms with E-state index in [2.05, 4.69) is 53.4 Å². The van der Waals surface area contributed by atoms with Crippen molar-refractivity contribution in [2.45, 2.75) is 36.6 Å². The molecule has 100 valence electrons. The largest absolute Gasteiger partial charge is 0.357 e. The summed E-state index contributed by atoms with van der Waals surface area (Å²) in [6, 6.07) is 10.7. The van der Waals surface area contributed by atoms with Crippen LogP contribution in [0.1, 0.15) is 31.0 Å². The number of aromatic nitrogens is 2. The molecule has 1 N–H and O–H groups in total. The third kappa shape index (κ3) is 3.70. The lowest BCUT2D eigenvalue weighted by molar-refractivity contribution is 0.865. The Morgan fingerprint density at radius 1 is 1.11 bits per heavy atom. The Hall–Kier alpha value is -1.55. The van der Waals surface area contributed by atoms with Crippen molar-refractivity contribution in [3.8, 4) is 0 Å². The topological polar surface area (TPSA) is 37.8 Å². The van der Waals surface area contributed by atoms with Gasteiger partial charge >= 0.3 is 0 Å². The van der Waals surface area contributed by atoms with Crippen LogP contribution in [0.2, 0.25) is 0 Å². The molecule has 4 heteroatoms. The Balaban J connectivity index is 2.18. The standard InChI is InChI=1S/C15H19N3S/c1-10(2)12-5-7-13(8-6-12)19-14-9-11(3)17-15(16-4)18-14/h5-10H,1-4H3,(H,16,17,18). The first-order valence-electron chi connectivity index (χ1n) is 6.39. The van der Waals surface area contributed by atoms with E-state index in [9.17, 15) is 0 Å². The Labute approximate surface area is 118 Å². The van der Waals surface area contributed by atoms with Crippen LogP contribution in [0.5, 0.6) is 0 Å². The highest BCUT2D eigenvalue weighted by Crippen LogP contribution is 2.28. The molecule has 2 aromatic rings. The van der Waals surface area contributed by atoms with Crippen molar-refractivity contribution in [2.24, 2.45) is 0 Å². The molecule has 1 aromatic heterocycles. The van der Waals surface area contributed by atoms with Gasteiger partial charge in [-0.15, -0.1) is 0 Å². The van der Waals surface area contributed by atoms with Crippen LogP contribution in [-0.2, 0) is 0 Å². The second-order valence-electron chi connectivity index (χ2n) is 4.75. The summed E-state index contributed by atoms with van der Waals surface area (Å²) in [6.07, 6.45) is 0. The summed E-state index contributed by atoms with van der Waals surface area (Å²) in [7, 11) is 1.83. The number of benzene rings is 1. The van der Waals surface area contributed by atoms with Crippen LogP contribution in [-0.4, -0.2) is 17.0 Å². The highest BCUT2D eigenvalue weighted by atomic mass is 32.2. The molecule has 1 heterocycles. The molecule has 0 atom stereocenters. The number of nitrogens with zero attached hydrogens (tertiary/aromatic N) is 2. The molecule has 0 aliphatic heterocycles. The molecular weight excluding hydrogens is 254 g/mol. The zero-order valence-corrected chi connectivity index (χ0v) is 12.6. The predicted molar refractivity (Wildman–Crippen MR) is 81.0 cm³/mol. The third-order valence-corrected chi connectivity index (χ3v) is 3.75. The first-order chi connectivity index (χ1) is 9.08. The fourth-order valence-electron chi connectivity index (χ4n) is 1.75. The SMILES string of the molecule is CNc1nc(C)cc(Sc2ccc(C(C)C)cc2)n1. The van der Waals surface area contributed by atoms with Crippen molar-refractivity contribution in [1.82, 2.24) is 9.97 Å². The van der Waals surface area contributed by atoms with Crippen molar-refractivity contribution in [2.75, 3.05) is 12.4 Å². The molecule has 0 aliphatic rings. The van der Waals surface area contributed by atoms with Gasteiger partial charge in [-0.25, -0.2) is 9.97 Å². The van der Waals surface area contributed by atoms with E-state index in [0.29, 0.717) is 11.9 Å². The molecule has 0 spiro atoms. The van der Waals surface area contributed by atoms with Crippen molar-refractivity contribution >= 4 is 17.7 Å². The fourth-order valence-corrected chi connectivity index (χ4v) is 2.62.